The van der Waals surface area contributed by atoms with Crippen LogP contribution in [0.15, 0.2) is 97.3 Å². The maximum absolute atomic E-state index is 11.8. The minimum Gasteiger partial charge on any atom is -0.350 e. The molecular formula is C28H38N2O. The van der Waals surface area contributed by atoms with Crippen LogP contribution in [0.1, 0.15) is 64.0 Å². The molecule has 0 radical (unpaired) electrons. The number of nitrogens with one attached hydrogen (secondary N) is 1. The zero-order valence-electron chi connectivity index (χ0n) is 19.0. The van der Waals surface area contributed by atoms with Crippen LogP contribution in [-0.2, 0) is 11.3 Å². The van der Waals surface area contributed by atoms with Crippen molar-refractivity contribution in [1.29, 1.82) is 0 Å². The zero-order valence-corrected chi connectivity index (χ0v) is 19.0. The molecule has 0 aliphatic heterocycles. The molecule has 0 aromatic carbocycles. The molecule has 0 atom stereocenters. The molecule has 31 heavy (non-hydrogen) atoms. The zero-order chi connectivity index (χ0) is 22.2. The van der Waals surface area contributed by atoms with Gasteiger partial charge in [-0.05, 0) is 57.1 Å². The van der Waals surface area contributed by atoms with E-state index in [1.807, 2.05) is 18.2 Å². The molecule has 0 aliphatic carbocycles. The summed E-state index contributed by atoms with van der Waals surface area (Å²) in [6.45, 7) is 2.64. The van der Waals surface area contributed by atoms with Gasteiger partial charge in [0.1, 0.15) is 0 Å². The number of amides is 1. The van der Waals surface area contributed by atoms with Crippen molar-refractivity contribution >= 4 is 5.91 Å². The number of allylic oxidation sites excluding steroid dienone is 12. The van der Waals surface area contributed by atoms with E-state index < -0.39 is 0 Å². The van der Waals surface area contributed by atoms with Gasteiger partial charge in [-0.25, -0.2) is 0 Å². The van der Waals surface area contributed by atoms with Crippen LogP contribution >= 0.6 is 0 Å². The standard InChI is InChI=1S/C28H38N2O/c1-2-3-4-5-6-7-8-9-10-11-12-13-14-15-16-17-18-19-20-24-28(31)30-26-27-23-21-22-25-29-27/h3-4,6-7,9-10,12-13,15-16,18-19,21-23,25H,2,5,8,11,14,17,20,24,26H2,1H3,(H,30,31)/b4-3-,7-6-,10-9-,13-12-,16-15-,19-18-. The molecule has 3 heteroatoms. The molecule has 0 spiro atoms. The molecule has 1 heterocycles. The van der Waals surface area contributed by atoms with Crippen molar-refractivity contribution in [3.63, 3.8) is 0 Å². The van der Waals surface area contributed by atoms with Gasteiger partial charge in [-0.15, -0.1) is 0 Å². The Morgan fingerprint density at radius 3 is 1.77 bits per heavy atom. The summed E-state index contributed by atoms with van der Waals surface area (Å²) in [5.74, 6) is 0.0604. The molecule has 0 bridgehead atoms. The number of carbonyl (C=O) groups is 1. The van der Waals surface area contributed by atoms with Crippen LogP contribution < -0.4 is 5.32 Å². The molecule has 0 fully saturated rings. The number of rotatable bonds is 16. The molecule has 0 saturated carbocycles. The SMILES string of the molecule is CC/C=C\C/C=C\C/C=C\C/C=C\C/C=C\C/C=C\CCC(=O)NCc1ccccn1. The van der Waals surface area contributed by atoms with E-state index in [1.165, 1.54) is 0 Å². The number of hydrogen-bond acceptors (Lipinski definition) is 2. The van der Waals surface area contributed by atoms with Gasteiger partial charge in [0.15, 0.2) is 0 Å². The Labute approximate surface area is 189 Å². The number of nitrogens with zero attached hydrogens (tertiary/aromatic N) is 1. The lowest BCUT2D eigenvalue weighted by Crippen LogP contribution is -2.22. The summed E-state index contributed by atoms with van der Waals surface area (Å²) in [6.07, 6.45) is 35.2. The topological polar surface area (TPSA) is 42.0 Å². The fourth-order valence-corrected chi connectivity index (χ4v) is 2.63. The summed E-state index contributed by atoms with van der Waals surface area (Å²) in [5.41, 5.74) is 0.879. The highest BCUT2D eigenvalue weighted by molar-refractivity contribution is 5.75. The van der Waals surface area contributed by atoms with E-state index in [1.54, 1.807) is 6.20 Å². The third kappa shape index (κ3) is 17.6. The lowest BCUT2D eigenvalue weighted by atomic mass is 10.2. The van der Waals surface area contributed by atoms with Crippen LogP contribution in [0.3, 0.4) is 0 Å². The first-order chi connectivity index (χ1) is 15.3. The van der Waals surface area contributed by atoms with E-state index in [0.29, 0.717) is 13.0 Å². The smallest absolute Gasteiger partial charge is 0.220 e. The maximum atomic E-state index is 11.8. The van der Waals surface area contributed by atoms with Gasteiger partial charge in [-0.3, -0.25) is 9.78 Å². The van der Waals surface area contributed by atoms with Crippen LogP contribution in [0.4, 0.5) is 0 Å². The van der Waals surface area contributed by atoms with Gasteiger partial charge in [0.05, 0.1) is 12.2 Å². The highest BCUT2D eigenvalue weighted by Crippen LogP contribution is 1.98. The first-order valence-electron chi connectivity index (χ1n) is 11.4. The van der Waals surface area contributed by atoms with Crippen LogP contribution in [0.25, 0.3) is 0 Å². The molecule has 1 N–H and O–H groups in total. The quantitative estimate of drug-likeness (QED) is 0.289. The molecule has 0 unspecified atom stereocenters. The minimum atomic E-state index is 0.0604. The minimum absolute atomic E-state index is 0.0604. The molecule has 166 valence electrons. The molecule has 1 aromatic heterocycles. The average molecular weight is 419 g/mol. The largest absolute Gasteiger partial charge is 0.350 e. The highest BCUT2D eigenvalue weighted by atomic mass is 16.1. The molecule has 1 aromatic rings. The molecule has 1 amide bonds. The van der Waals surface area contributed by atoms with Crippen LogP contribution in [0.2, 0.25) is 0 Å². The van der Waals surface area contributed by atoms with Gasteiger partial charge in [-0.1, -0.05) is 85.9 Å². The molecule has 0 saturated heterocycles. The second-order valence-corrected chi connectivity index (χ2v) is 7.05. The Morgan fingerprint density at radius 1 is 0.774 bits per heavy atom. The van der Waals surface area contributed by atoms with Crippen LogP contribution in [0.5, 0.6) is 0 Å². The number of carbonyl (C=O) groups excluding carboxylic acids is 1. The van der Waals surface area contributed by atoms with E-state index in [9.17, 15) is 4.79 Å². The third-order valence-electron chi connectivity index (χ3n) is 4.33. The summed E-state index contributed by atoms with van der Waals surface area (Å²) < 4.78 is 0. The Bertz CT molecular complexity index is 740. The van der Waals surface area contributed by atoms with Crippen molar-refractivity contribution in [2.75, 3.05) is 0 Å². The van der Waals surface area contributed by atoms with Crippen molar-refractivity contribution in [3.8, 4) is 0 Å². The summed E-state index contributed by atoms with van der Waals surface area (Å²) in [6, 6.07) is 5.70. The van der Waals surface area contributed by atoms with Gasteiger partial charge in [-0.2, -0.15) is 0 Å². The van der Waals surface area contributed by atoms with Crippen LogP contribution in [0, 0.1) is 0 Å². The summed E-state index contributed by atoms with van der Waals surface area (Å²) >= 11 is 0. The van der Waals surface area contributed by atoms with E-state index in [4.69, 9.17) is 0 Å². The van der Waals surface area contributed by atoms with Crippen molar-refractivity contribution < 1.29 is 4.79 Å². The van der Waals surface area contributed by atoms with Crippen LogP contribution in [-0.4, -0.2) is 10.9 Å². The van der Waals surface area contributed by atoms with Crippen molar-refractivity contribution in [1.82, 2.24) is 10.3 Å². The summed E-state index contributed by atoms with van der Waals surface area (Å²) in [7, 11) is 0. The van der Waals surface area contributed by atoms with Gasteiger partial charge in [0.2, 0.25) is 5.91 Å². The summed E-state index contributed by atoms with van der Waals surface area (Å²) in [5, 5.41) is 2.89. The van der Waals surface area contributed by atoms with Crippen molar-refractivity contribution in [2.24, 2.45) is 0 Å². The predicted octanol–water partition coefficient (Wildman–Crippen LogP) is 7.18. The Kier molecular flexibility index (Phi) is 17.1. The van der Waals surface area contributed by atoms with E-state index in [-0.39, 0.29) is 5.91 Å². The molecular weight excluding hydrogens is 380 g/mol. The molecule has 0 aliphatic rings. The number of hydrogen-bond donors (Lipinski definition) is 1. The third-order valence-corrected chi connectivity index (χ3v) is 4.33. The Balaban J connectivity index is 1.96. The molecule has 3 nitrogen and oxygen atoms in total. The highest BCUT2D eigenvalue weighted by Gasteiger charge is 1.99. The lowest BCUT2D eigenvalue weighted by Gasteiger charge is -2.03. The number of aromatic nitrogens is 1. The second-order valence-electron chi connectivity index (χ2n) is 7.05. The lowest BCUT2D eigenvalue weighted by molar-refractivity contribution is -0.121. The van der Waals surface area contributed by atoms with Crippen molar-refractivity contribution in [3.05, 3.63) is 103 Å². The first-order valence-corrected chi connectivity index (χ1v) is 11.4. The molecule has 1 rings (SSSR count). The van der Waals surface area contributed by atoms with E-state index in [2.05, 4.69) is 90.1 Å². The fraction of sp³-hybridized carbons (Fsp3) is 0.357. The van der Waals surface area contributed by atoms with Gasteiger partial charge in [0, 0.05) is 12.6 Å². The van der Waals surface area contributed by atoms with E-state index in [0.717, 1.165) is 50.6 Å². The summed E-state index contributed by atoms with van der Waals surface area (Å²) in [4.78, 5) is 16.0. The van der Waals surface area contributed by atoms with Crippen molar-refractivity contribution in [2.45, 2.75) is 64.8 Å². The first kappa shape index (κ1) is 26.1. The van der Waals surface area contributed by atoms with Gasteiger partial charge in [0.25, 0.3) is 0 Å². The average Bonchev–Trinajstić information content (AvgIpc) is 2.80. The Morgan fingerprint density at radius 2 is 1.29 bits per heavy atom. The van der Waals surface area contributed by atoms with E-state index >= 15 is 0 Å². The van der Waals surface area contributed by atoms with Gasteiger partial charge >= 0.3 is 0 Å². The maximum Gasteiger partial charge on any atom is 0.220 e. The predicted molar refractivity (Wildman–Crippen MR) is 134 cm³/mol. The fourth-order valence-electron chi connectivity index (χ4n) is 2.63. The monoisotopic (exact) mass is 418 g/mol. The second kappa shape index (κ2) is 20.3. The number of pyridine rings is 1. The van der Waals surface area contributed by atoms with Gasteiger partial charge < -0.3 is 5.32 Å². The normalized spacial score (nSPS) is 12.5. The Hall–Kier alpha value is -2.94.